The number of carbonyl (C=O) groups is 1. The molecule has 2 unspecified atom stereocenters. The van der Waals surface area contributed by atoms with Crippen LogP contribution in [0.5, 0.6) is 11.8 Å². The van der Waals surface area contributed by atoms with E-state index in [1.165, 1.54) is 18.4 Å². The monoisotopic (exact) mass is 366 g/mol. The van der Waals surface area contributed by atoms with Crippen LogP contribution >= 0.6 is 0 Å². The SMILES string of the molecule is COc1ccc(C(=O)C2CC3CCC(C2)N3Cc2ccccc2)c(OC)n1. The van der Waals surface area contributed by atoms with E-state index in [-0.39, 0.29) is 11.7 Å². The first-order valence-electron chi connectivity index (χ1n) is 9.62. The fourth-order valence-electron chi connectivity index (χ4n) is 4.64. The molecule has 1 aromatic heterocycles. The van der Waals surface area contributed by atoms with Gasteiger partial charge in [-0.3, -0.25) is 9.69 Å². The van der Waals surface area contributed by atoms with Crippen molar-refractivity contribution >= 4 is 5.78 Å². The Morgan fingerprint density at radius 3 is 2.37 bits per heavy atom. The molecule has 0 amide bonds. The van der Waals surface area contributed by atoms with Crippen molar-refractivity contribution in [1.29, 1.82) is 0 Å². The Morgan fingerprint density at radius 1 is 1.04 bits per heavy atom. The Labute approximate surface area is 160 Å². The molecule has 0 aliphatic carbocycles. The Morgan fingerprint density at radius 2 is 1.74 bits per heavy atom. The maximum Gasteiger partial charge on any atom is 0.227 e. The normalized spacial score (nSPS) is 24.6. The summed E-state index contributed by atoms with van der Waals surface area (Å²) in [4.78, 5) is 20.1. The van der Waals surface area contributed by atoms with E-state index in [9.17, 15) is 4.79 Å². The first-order chi connectivity index (χ1) is 13.2. The average Bonchev–Trinajstić information content (AvgIpc) is 2.94. The summed E-state index contributed by atoms with van der Waals surface area (Å²) in [5, 5.41) is 0. The van der Waals surface area contributed by atoms with Crippen molar-refractivity contribution in [1.82, 2.24) is 9.88 Å². The topological polar surface area (TPSA) is 51.7 Å². The van der Waals surface area contributed by atoms with Crippen molar-refractivity contribution in [3.8, 4) is 11.8 Å². The number of fused-ring (bicyclic) bond motifs is 2. The molecular weight excluding hydrogens is 340 g/mol. The molecule has 2 aromatic rings. The fourth-order valence-corrected chi connectivity index (χ4v) is 4.64. The maximum absolute atomic E-state index is 13.2. The highest BCUT2D eigenvalue weighted by Gasteiger charge is 2.43. The van der Waals surface area contributed by atoms with Crippen LogP contribution in [0.15, 0.2) is 42.5 Å². The number of pyridine rings is 1. The van der Waals surface area contributed by atoms with E-state index in [4.69, 9.17) is 9.47 Å². The molecule has 2 bridgehead atoms. The number of ether oxygens (including phenoxy) is 2. The van der Waals surface area contributed by atoms with Gasteiger partial charge in [0.05, 0.1) is 19.8 Å². The number of carbonyl (C=O) groups excluding carboxylic acids is 1. The zero-order valence-electron chi connectivity index (χ0n) is 15.9. The second-order valence-corrected chi connectivity index (χ2v) is 7.49. The molecule has 2 fully saturated rings. The Hall–Kier alpha value is -2.40. The van der Waals surface area contributed by atoms with Crippen LogP contribution in [0.3, 0.4) is 0 Å². The zero-order chi connectivity index (χ0) is 18.8. The first kappa shape index (κ1) is 18.0. The van der Waals surface area contributed by atoms with Crippen LogP contribution in [0, 0.1) is 5.92 Å². The van der Waals surface area contributed by atoms with Crippen LogP contribution in [-0.2, 0) is 6.54 Å². The Bertz CT molecular complexity index is 794. The van der Waals surface area contributed by atoms with Gasteiger partial charge in [0.15, 0.2) is 5.78 Å². The molecular formula is C22H26N2O3. The minimum absolute atomic E-state index is 0.0404. The lowest BCUT2D eigenvalue weighted by molar-refractivity contribution is 0.0675. The van der Waals surface area contributed by atoms with Gasteiger partial charge >= 0.3 is 0 Å². The predicted molar refractivity (Wildman–Crippen MR) is 103 cm³/mol. The number of rotatable bonds is 6. The first-order valence-corrected chi connectivity index (χ1v) is 9.62. The molecule has 2 atom stereocenters. The van der Waals surface area contributed by atoms with Gasteiger partial charge in [-0.25, -0.2) is 0 Å². The molecule has 3 heterocycles. The second kappa shape index (κ2) is 7.69. The molecule has 0 spiro atoms. The number of hydrogen-bond donors (Lipinski definition) is 0. The highest BCUT2D eigenvalue weighted by Crippen LogP contribution is 2.41. The molecule has 5 heteroatoms. The van der Waals surface area contributed by atoms with E-state index in [1.807, 2.05) is 0 Å². The van der Waals surface area contributed by atoms with Crippen LogP contribution in [0.1, 0.15) is 41.6 Å². The molecule has 5 nitrogen and oxygen atoms in total. The van der Waals surface area contributed by atoms with Crippen molar-refractivity contribution in [3.63, 3.8) is 0 Å². The lowest BCUT2D eigenvalue weighted by Crippen LogP contribution is -2.44. The molecule has 2 saturated heterocycles. The van der Waals surface area contributed by atoms with Crippen molar-refractivity contribution in [3.05, 3.63) is 53.6 Å². The van der Waals surface area contributed by atoms with Gasteiger partial charge < -0.3 is 9.47 Å². The molecule has 1 aromatic carbocycles. The van der Waals surface area contributed by atoms with Crippen molar-refractivity contribution in [2.45, 2.75) is 44.3 Å². The van der Waals surface area contributed by atoms with Gasteiger partial charge in [0.2, 0.25) is 11.8 Å². The molecule has 2 aliphatic heterocycles. The zero-order valence-corrected chi connectivity index (χ0v) is 15.9. The average molecular weight is 366 g/mol. The summed E-state index contributed by atoms with van der Waals surface area (Å²) in [5.74, 6) is 1.01. The summed E-state index contributed by atoms with van der Waals surface area (Å²) in [6.07, 6.45) is 4.19. The molecule has 2 aliphatic rings. The van der Waals surface area contributed by atoms with Gasteiger partial charge in [-0.05, 0) is 37.3 Å². The summed E-state index contributed by atoms with van der Waals surface area (Å²) in [6, 6.07) is 15.1. The van der Waals surface area contributed by atoms with Gasteiger partial charge in [0, 0.05) is 30.6 Å². The van der Waals surface area contributed by atoms with Crippen LogP contribution in [0.25, 0.3) is 0 Å². The van der Waals surface area contributed by atoms with Gasteiger partial charge in [-0.2, -0.15) is 4.98 Å². The minimum Gasteiger partial charge on any atom is -0.481 e. The van der Waals surface area contributed by atoms with Crippen LogP contribution in [0.4, 0.5) is 0 Å². The van der Waals surface area contributed by atoms with Gasteiger partial charge in [-0.1, -0.05) is 30.3 Å². The quantitative estimate of drug-likeness (QED) is 0.729. The molecule has 4 rings (SSSR count). The standard InChI is InChI=1S/C22H26N2O3/c1-26-20-11-10-19(22(23-20)27-2)21(25)16-12-17-8-9-18(13-16)24(17)14-15-6-4-3-5-7-15/h3-7,10-11,16-18H,8-9,12-14H2,1-2H3. The number of ketones is 1. The number of benzene rings is 1. The van der Waals surface area contributed by atoms with Crippen molar-refractivity contribution in [2.75, 3.05) is 14.2 Å². The Balaban J connectivity index is 1.49. The van der Waals surface area contributed by atoms with Crippen LogP contribution in [-0.4, -0.2) is 42.0 Å². The lowest BCUT2D eigenvalue weighted by atomic mass is 9.84. The third kappa shape index (κ3) is 3.56. The van der Waals surface area contributed by atoms with Gasteiger partial charge in [0.1, 0.15) is 0 Å². The number of piperidine rings is 1. The van der Waals surface area contributed by atoms with Crippen LogP contribution < -0.4 is 9.47 Å². The van der Waals surface area contributed by atoms with E-state index in [0.717, 1.165) is 19.4 Å². The molecule has 27 heavy (non-hydrogen) atoms. The molecule has 0 radical (unpaired) electrons. The summed E-state index contributed by atoms with van der Waals surface area (Å²) in [5.41, 5.74) is 1.92. The third-order valence-electron chi connectivity index (χ3n) is 5.97. The van der Waals surface area contributed by atoms with Gasteiger partial charge in [0.25, 0.3) is 0 Å². The molecule has 0 N–H and O–H groups in total. The van der Waals surface area contributed by atoms with E-state index < -0.39 is 0 Å². The molecule has 142 valence electrons. The van der Waals surface area contributed by atoms with E-state index in [2.05, 4.69) is 40.2 Å². The highest BCUT2D eigenvalue weighted by atomic mass is 16.5. The van der Waals surface area contributed by atoms with Gasteiger partial charge in [-0.15, -0.1) is 0 Å². The summed E-state index contributed by atoms with van der Waals surface area (Å²) in [6.45, 7) is 0.977. The number of nitrogens with zero attached hydrogens (tertiary/aromatic N) is 2. The maximum atomic E-state index is 13.2. The van der Waals surface area contributed by atoms with Crippen molar-refractivity contribution < 1.29 is 14.3 Å². The number of methoxy groups -OCH3 is 2. The van der Waals surface area contributed by atoms with E-state index in [1.54, 1.807) is 26.4 Å². The fraction of sp³-hybridized carbons (Fsp3) is 0.455. The summed E-state index contributed by atoms with van der Waals surface area (Å²) < 4.78 is 10.5. The smallest absolute Gasteiger partial charge is 0.227 e. The predicted octanol–water partition coefficient (Wildman–Crippen LogP) is 3.72. The lowest BCUT2D eigenvalue weighted by Gasteiger charge is -2.38. The number of hydrogen-bond acceptors (Lipinski definition) is 5. The van der Waals surface area contributed by atoms with Crippen LogP contribution in [0.2, 0.25) is 0 Å². The van der Waals surface area contributed by atoms with Crippen molar-refractivity contribution in [2.24, 2.45) is 5.92 Å². The summed E-state index contributed by atoms with van der Waals surface area (Å²) in [7, 11) is 3.11. The molecule has 0 saturated carbocycles. The third-order valence-corrected chi connectivity index (χ3v) is 5.97. The summed E-state index contributed by atoms with van der Waals surface area (Å²) >= 11 is 0. The van der Waals surface area contributed by atoms with E-state index >= 15 is 0 Å². The van der Waals surface area contributed by atoms with E-state index in [0.29, 0.717) is 29.4 Å². The number of Topliss-reactive ketones (excluding diaryl/α,β-unsaturated/α-hetero) is 1. The second-order valence-electron chi connectivity index (χ2n) is 7.49. The minimum atomic E-state index is 0.0404. The Kier molecular flexibility index (Phi) is 5.12. The largest absolute Gasteiger partial charge is 0.481 e. The number of aromatic nitrogens is 1. The highest BCUT2D eigenvalue weighted by molar-refractivity contribution is 6.00.